The number of sulfonamides is 1. The number of alkyl carbamates (subject to hydrolysis) is 1. The summed E-state index contributed by atoms with van der Waals surface area (Å²) in [5, 5.41) is 8.10. The van der Waals surface area contributed by atoms with E-state index in [-0.39, 0.29) is 35.9 Å². The monoisotopic (exact) mass is 623 g/mol. The SMILES string of the molecule is CNC(=O)[C@@H](CCCNC(=O)OCc1ccccc1)NC(=O)COc1ccc2c(c1)S(=O)(=O)Nc1c-2[nH]c2ccc(F)cc12. The van der Waals surface area contributed by atoms with Crippen molar-refractivity contribution in [2.45, 2.75) is 30.4 Å². The summed E-state index contributed by atoms with van der Waals surface area (Å²) in [6.07, 6.45) is 0.00131. The van der Waals surface area contributed by atoms with Crippen molar-refractivity contribution in [2.24, 2.45) is 0 Å². The molecule has 0 aliphatic carbocycles. The number of anilines is 1. The zero-order chi connectivity index (χ0) is 31.3. The van der Waals surface area contributed by atoms with Crippen molar-refractivity contribution in [2.75, 3.05) is 24.9 Å². The van der Waals surface area contributed by atoms with Crippen molar-refractivity contribution in [3.63, 3.8) is 0 Å². The molecule has 5 N–H and O–H groups in total. The lowest BCUT2D eigenvalue weighted by Gasteiger charge is -2.20. The molecule has 0 radical (unpaired) electrons. The summed E-state index contributed by atoms with van der Waals surface area (Å²) in [5.41, 5.74) is 2.51. The van der Waals surface area contributed by atoms with Crippen LogP contribution in [0, 0.1) is 5.82 Å². The van der Waals surface area contributed by atoms with Crippen LogP contribution in [0.2, 0.25) is 0 Å². The first-order valence-electron chi connectivity index (χ1n) is 13.7. The first-order valence-corrected chi connectivity index (χ1v) is 15.2. The number of hydrogen-bond donors (Lipinski definition) is 5. The lowest BCUT2D eigenvalue weighted by atomic mass is 10.1. The minimum atomic E-state index is -4.03. The predicted molar refractivity (Wildman–Crippen MR) is 160 cm³/mol. The van der Waals surface area contributed by atoms with Crippen LogP contribution in [0.4, 0.5) is 14.9 Å². The molecule has 0 saturated heterocycles. The minimum absolute atomic E-state index is 0.0760. The molecule has 230 valence electrons. The average Bonchev–Trinajstić information content (AvgIpc) is 3.37. The molecule has 14 heteroatoms. The van der Waals surface area contributed by atoms with Gasteiger partial charge in [0.25, 0.3) is 15.9 Å². The van der Waals surface area contributed by atoms with Gasteiger partial charge >= 0.3 is 6.09 Å². The summed E-state index contributed by atoms with van der Waals surface area (Å²) in [7, 11) is -2.59. The third-order valence-corrected chi connectivity index (χ3v) is 8.32. The second-order valence-corrected chi connectivity index (χ2v) is 11.6. The molecule has 12 nitrogen and oxygen atoms in total. The molecule has 0 bridgehead atoms. The van der Waals surface area contributed by atoms with Crippen LogP contribution in [0.15, 0.2) is 71.6 Å². The third kappa shape index (κ3) is 6.92. The van der Waals surface area contributed by atoms with Gasteiger partial charge in [-0.2, -0.15) is 0 Å². The van der Waals surface area contributed by atoms with E-state index >= 15 is 0 Å². The van der Waals surface area contributed by atoms with E-state index in [1.54, 1.807) is 0 Å². The smallest absolute Gasteiger partial charge is 0.407 e. The minimum Gasteiger partial charge on any atom is -0.484 e. The Hall–Kier alpha value is -5.11. The molecule has 1 aromatic heterocycles. The predicted octanol–water partition coefficient (Wildman–Crippen LogP) is 3.40. The highest BCUT2D eigenvalue weighted by Crippen LogP contribution is 2.44. The number of halogens is 1. The Morgan fingerprint density at radius 3 is 2.59 bits per heavy atom. The summed E-state index contributed by atoms with van der Waals surface area (Å²) in [5.74, 6) is -1.41. The van der Waals surface area contributed by atoms with E-state index in [0.29, 0.717) is 28.6 Å². The molecule has 0 spiro atoms. The molecule has 3 amide bonds. The van der Waals surface area contributed by atoms with Crippen LogP contribution in [-0.4, -0.2) is 57.6 Å². The molecule has 0 unspecified atom stereocenters. The van der Waals surface area contributed by atoms with Crippen LogP contribution in [0.1, 0.15) is 18.4 Å². The molecule has 1 aliphatic heterocycles. The summed E-state index contributed by atoms with van der Waals surface area (Å²) in [4.78, 5) is 40.0. The number of rotatable bonds is 11. The standard InChI is InChI=1S/C30H30FN5O7S/c1-32-29(38)24(8-5-13-33-30(39)43-16-18-6-3-2-4-7-18)34-26(37)17-42-20-10-11-21-25(15-20)44(40,41)36-28-22-14-19(31)9-12-23(22)35-27(21)28/h2-4,6-7,9-12,14-15,24,35-36H,5,8,13,16-17H2,1H3,(H,32,38)(H,33,39)(H,34,37)/t24-/m1/s1. The van der Waals surface area contributed by atoms with Gasteiger partial charge in [-0.05, 0) is 48.7 Å². The number of aromatic amines is 1. The summed E-state index contributed by atoms with van der Waals surface area (Å²) in [6.45, 7) is -0.138. The number of carbonyl (C=O) groups excluding carboxylic acids is 3. The van der Waals surface area contributed by atoms with Crippen molar-refractivity contribution >= 4 is 44.5 Å². The van der Waals surface area contributed by atoms with E-state index < -0.39 is 46.4 Å². The largest absolute Gasteiger partial charge is 0.484 e. The summed E-state index contributed by atoms with van der Waals surface area (Å²) in [6, 6.07) is 16.7. The molecular weight excluding hydrogens is 593 g/mol. The Balaban J connectivity index is 1.15. The van der Waals surface area contributed by atoms with Crippen LogP contribution in [0.25, 0.3) is 22.2 Å². The Morgan fingerprint density at radius 1 is 1.02 bits per heavy atom. The highest BCUT2D eigenvalue weighted by molar-refractivity contribution is 7.93. The van der Waals surface area contributed by atoms with Crippen LogP contribution >= 0.6 is 0 Å². The number of H-pyrrole nitrogens is 1. The molecule has 44 heavy (non-hydrogen) atoms. The molecule has 1 aliphatic rings. The molecule has 5 rings (SSSR count). The number of nitrogens with one attached hydrogen (secondary N) is 5. The molecule has 0 fully saturated rings. The number of amides is 3. The quantitative estimate of drug-likeness (QED) is 0.160. The van der Waals surface area contributed by atoms with Gasteiger partial charge in [0.1, 0.15) is 29.1 Å². The highest BCUT2D eigenvalue weighted by atomic mass is 32.2. The van der Waals surface area contributed by atoms with Crippen LogP contribution < -0.4 is 25.4 Å². The van der Waals surface area contributed by atoms with Gasteiger partial charge in [-0.25, -0.2) is 17.6 Å². The number of fused-ring (bicyclic) bond motifs is 5. The number of carbonyl (C=O) groups is 3. The van der Waals surface area contributed by atoms with E-state index in [1.165, 1.54) is 43.4 Å². The fourth-order valence-corrected chi connectivity index (χ4v) is 6.10. The van der Waals surface area contributed by atoms with Gasteiger partial charge in [0.15, 0.2) is 6.61 Å². The maximum Gasteiger partial charge on any atom is 0.407 e. The highest BCUT2D eigenvalue weighted by Gasteiger charge is 2.31. The van der Waals surface area contributed by atoms with Crippen molar-refractivity contribution in [1.82, 2.24) is 20.9 Å². The maximum atomic E-state index is 13.8. The van der Waals surface area contributed by atoms with E-state index in [1.807, 2.05) is 30.3 Å². The number of likely N-dealkylation sites (N-methyl/N-ethyl adjacent to an activating group) is 1. The first kappa shape index (κ1) is 30.4. The summed E-state index contributed by atoms with van der Waals surface area (Å²) < 4.78 is 53.1. The third-order valence-electron chi connectivity index (χ3n) is 6.93. The Bertz CT molecular complexity index is 1810. The van der Waals surface area contributed by atoms with Gasteiger partial charge < -0.3 is 30.4 Å². The number of benzene rings is 3. The first-order chi connectivity index (χ1) is 21.1. The second kappa shape index (κ2) is 13.0. The van der Waals surface area contributed by atoms with Gasteiger partial charge in [-0.3, -0.25) is 14.3 Å². The van der Waals surface area contributed by atoms with E-state index in [9.17, 15) is 27.2 Å². The number of ether oxygens (including phenoxy) is 2. The van der Waals surface area contributed by atoms with Gasteiger partial charge in [0, 0.05) is 36.1 Å². The fourth-order valence-electron chi connectivity index (χ4n) is 4.78. The van der Waals surface area contributed by atoms with Crippen LogP contribution in [-0.2, 0) is 31.0 Å². The molecule has 0 saturated carbocycles. The fraction of sp³-hybridized carbons (Fsp3) is 0.233. The van der Waals surface area contributed by atoms with Crippen LogP contribution in [0.3, 0.4) is 0 Å². The Morgan fingerprint density at radius 2 is 1.82 bits per heavy atom. The lowest BCUT2D eigenvalue weighted by molar-refractivity contribution is -0.129. The van der Waals surface area contributed by atoms with Gasteiger partial charge in [0.2, 0.25) is 5.91 Å². The number of hydrogen-bond acceptors (Lipinski definition) is 7. The molecule has 4 aromatic rings. The Kier molecular flexibility index (Phi) is 8.99. The normalized spacial score (nSPS) is 13.5. The summed E-state index contributed by atoms with van der Waals surface area (Å²) >= 11 is 0. The van der Waals surface area contributed by atoms with Gasteiger partial charge in [0.05, 0.1) is 11.4 Å². The van der Waals surface area contributed by atoms with E-state index in [2.05, 4.69) is 25.7 Å². The lowest BCUT2D eigenvalue weighted by Crippen LogP contribution is -2.47. The van der Waals surface area contributed by atoms with E-state index in [0.717, 1.165) is 5.56 Å². The van der Waals surface area contributed by atoms with Crippen LogP contribution in [0.5, 0.6) is 5.75 Å². The Labute approximate surface area is 252 Å². The zero-order valence-electron chi connectivity index (χ0n) is 23.6. The average molecular weight is 624 g/mol. The van der Waals surface area contributed by atoms with E-state index in [4.69, 9.17) is 9.47 Å². The maximum absolute atomic E-state index is 13.8. The number of aromatic nitrogens is 1. The van der Waals surface area contributed by atoms with Crippen molar-refractivity contribution in [3.8, 4) is 17.0 Å². The molecule has 3 aromatic carbocycles. The van der Waals surface area contributed by atoms with Crippen molar-refractivity contribution < 1.29 is 36.7 Å². The molecular formula is C30H30FN5O7S. The molecule has 1 atom stereocenters. The van der Waals surface area contributed by atoms with Crippen molar-refractivity contribution in [3.05, 3.63) is 78.1 Å². The van der Waals surface area contributed by atoms with Crippen molar-refractivity contribution in [1.29, 1.82) is 0 Å². The zero-order valence-corrected chi connectivity index (χ0v) is 24.4. The second-order valence-electron chi connectivity index (χ2n) is 9.98. The topological polar surface area (TPSA) is 168 Å². The van der Waals surface area contributed by atoms with Gasteiger partial charge in [-0.1, -0.05) is 30.3 Å². The molecule has 2 heterocycles. The van der Waals surface area contributed by atoms with Gasteiger partial charge in [-0.15, -0.1) is 0 Å².